The topological polar surface area (TPSA) is 69.2 Å². The molecule has 1 heterocycles. The highest BCUT2D eigenvalue weighted by atomic mass is 16.3. The predicted octanol–water partition coefficient (Wildman–Crippen LogP) is 1.04. The first kappa shape index (κ1) is 12.3. The molecular weight excluding hydrogens is 230 g/mol. The van der Waals surface area contributed by atoms with Crippen LogP contribution >= 0.6 is 0 Å². The van der Waals surface area contributed by atoms with E-state index >= 15 is 0 Å². The fourth-order valence-electron chi connectivity index (χ4n) is 1.73. The van der Waals surface area contributed by atoms with Gasteiger partial charge < -0.3 is 10.0 Å². The number of aliphatic hydroxyl groups excluding tert-OH is 1. The lowest BCUT2D eigenvalue weighted by atomic mass is 10.2. The van der Waals surface area contributed by atoms with Crippen molar-refractivity contribution in [1.29, 1.82) is 0 Å². The summed E-state index contributed by atoms with van der Waals surface area (Å²) in [5.74, 6) is -0.137. The van der Waals surface area contributed by atoms with Gasteiger partial charge in [0, 0.05) is 19.3 Å². The lowest BCUT2D eigenvalue weighted by Gasteiger charge is -2.21. The third kappa shape index (κ3) is 2.95. The molecular formula is C13H15N3O2. The molecule has 0 aliphatic rings. The van der Waals surface area contributed by atoms with Gasteiger partial charge in [-0.05, 0) is 5.56 Å². The van der Waals surface area contributed by atoms with Crippen LogP contribution in [0.1, 0.15) is 15.9 Å². The van der Waals surface area contributed by atoms with Gasteiger partial charge in [-0.25, -0.2) is 0 Å². The van der Waals surface area contributed by atoms with Crippen LogP contribution in [-0.4, -0.2) is 39.3 Å². The van der Waals surface area contributed by atoms with Gasteiger partial charge >= 0.3 is 0 Å². The average molecular weight is 245 g/mol. The van der Waals surface area contributed by atoms with Crippen molar-refractivity contribution in [3.63, 3.8) is 0 Å². The van der Waals surface area contributed by atoms with E-state index in [0.717, 1.165) is 5.56 Å². The number of aliphatic hydroxyl groups is 1. The second kappa shape index (κ2) is 5.97. The fraction of sp³-hybridized carbons (Fsp3) is 0.231. The van der Waals surface area contributed by atoms with E-state index in [2.05, 4.69) is 10.2 Å². The van der Waals surface area contributed by atoms with Crippen LogP contribution in [0.2, 0.25) is 0 Å². The van der Waals surface area contributed by atoms with Crippen LogP contribution in [-0.2, 0) is 6.54 Å². The minimum absolute atomic E-state index is 0.0591. The van der Waals surface area contributed by atoms with Gasteiger partial charge in [0.2, 0.25) is 0 Å². The highest BCUT2D eigenvalue weighted by molar-refractivity contribution is 5.93. The van der Waals surface area contributed by atoms with Gasteiger partial charge in [0.05, 0.1) is 18.4 Å². The van der Waals surface area contributed by atoms with Crippen LogP contribution in [0, 0.1) is 0 Å². The maximum Gasteiger partial charge on any atom is 0.257 e. The normalized spacial score (nSPS) is 10.3. The van der Waals surface area contributed by atoms with E-state index in [1.165, 1.54) is 6.20 Å². The number of nitrogens with zero attached hydrogens (tertiary/aromatic N) is 2. The molecule has 0 atom stereocenters. The lowest BCUT2D eigenvalue weighted by Crippen LogP contribution is -2.32. The molecule has 5 nitrogen and oxygen atoms in total. The largest absolute Gasteiger partial charge is 0.395 e. The number of aromatic nitrogens is 2. The van der Waals surface area contributed by atoms with E-state index in [1.807, 2.05) is 30.3 Å². The van der Waals surface area contributed by atoms with E-state index in [0.29, 0.717) is 18.7 Å². The maximum absolute atomic E-state index is 12.2. The van der Waals surface area contributed by atoms with Crippen molar-refractivity contribution in [2.75, 3.05) is 13.2 Å². The quantitative estimate of drug-likeness (QED) is 0.827. The fourth-order valence-corrected chi connectivity index (χ4v) is 1.73. The summed E-state index contributed by atoms with van der Waals surface area (Å²) in [6.07, 6.45) is 3.04. The van der Waals surface area contributed by atoms with E-state index in [4.69, 9.17) is 5.11 Å². The van der Waals surface area contributed by atoms with Crippen molar-refractivity contribution >= 4 is 5.91 Å². The molecule has 0 fully saturated rings. The third-order valence-electron chi connectivity index (χ3n) is 2.62. The van der Waals surface area contributed by atoms with Crippen LogP contribution in [0.5, 0.6) is 0 Å². The van der Waals surface area contributed by atoms with Crippen molar-refractivity contribution in [3.05, 3.63) is 53.9 Å². The number of carbonyl (C=O) groups is 1. The highest BCUT2D eigenvalue weighted by Gasteiger charge is 2.16. The zero-order chi connectivity index (χ0) is 12.8. The lowest BCUT2D eigenvalue weighted by molar-refractivity contribution is 0.0708. The van der Waals surface area contributed by atoms with E-state index in [9.17, 15) is 4.79 Å². The number of H-pyrrole nitrogens is 1. The molecule has 2 rings (SSSR count). The van der Waals surface area contributed by atoms with Gasteiger partial charge in [-0.15, -0.1) is 0 Å². The summed E-state index contributed by atoms with van der Waals surface area (Å²) in [5.41, 5.74) is 1.53. The monoisotopic (exact) mass is 245 g/mol. The van der Waals surface area contributed by atoms with Gasteiger partial charge in [-0.3, -0.25) is 9.89 Å². The Bertz CT molecular complexity index is 482. The summed E-state index contributed by atoms with van der Waals surface area (Å²) in [6, 6.07) is 9.68. The second-order valence-electron chi connectivity index (χ2n) is 3.92. The van der Waals surface area contributed by atoms with Crippen LogP contribution in [0.4, 0.5) is 0 Å². The predicted molar refractivity (Wildman–Crippen MR) is 66.9 cm³/mol. The Hall–Kier alpha value is -2.14. The molecule has 0 saturated heterocycles. The molecule has 1 aromatic carbocycles. The number of benzene rings is 1. The highest BCUT2D eigenvalue weighted by Crippen LogP contribution is 2.08. The molecule has 0 spiro atoms. The molecule has 1 amide bonds. The zero-order valence-electron chi connectivity index (χ0n) is 9.91. The smallest absolute Gasteiger partial charge is 0.257 e. The minimum Gasteiger partial charge on any atom is -0.395 e. The van der Waals surface area contributed by atoms with E-state index in [-0.39, 0.29) is 12.5 Å². The van der Waals surface area contributed by atoms with Crippen molar-refractivity contribution in [3.8, 4) is 0 Å². The molecule has 2 N–H and O–H groups in total. The van der Waals surface area contributed by atoms with Gasteiger partial charge in [0.25, 0.3) is 5.91 Å². The first-order valence-electron chi connectivity index (χ1n) is 5.74. The second-order valence-corrected chi connectivity index (χ2v) is 3.92. The summed E-state index contributed by atoms with van der Waals surface area (Å²) in [6.45, 7) is 0.723. The summed E-state index contributed by atoms with van der Waals surface area (Å²) in [7, 11) is 0. The zero-order valence-corrected chi connectivity index (χ0v) is 9.91. The first-order chi connectivity index (χ1) is 8.81. The van der Waals surface area contributed by atoms with Crippen LogP contribution in [0.15, 0.2) is 42.7 Å². The number of hydrogen-bond acceptors (Lipinski definition) is 3. The van der Waals surface area contributed by atoms with E-state index < -0.39 is 0 Å². The van der Waals surface area contributed by atoms with Gasteiger partial charge in [0.1, 0.15) is 0 Å². The summed E-state index contributed by atoms with van der Waals surface area (Å²) in [4.78, 5) is 13.8. The number of amides is 1. The maximum atomic E-state index is 12.2. The molecule has 1 aromatic heterocycles. The Morgan fingerprint density at radius 3 is 2.72 bits per heavy atom. The molecule has 94 valence electrons. The molecule has 0 aliphatic heterocycles. The minimum atomic E-state index is -0.137. The van der Waals surface area contributed by atoms with Crippen LogP contribution < -0.4 is 0 Å². The Balaban J connectivity index is 2.11. The molecule has 0 aliphatic carbocycles. The summed E-state index contributed by atoms with van der Waals surface area (Å²) in [5, 5.41) is 15.4. The Kier molecular flexibility index (Phi) is 4.09. The SMILES string of the molecule is O=C(c1cn[nH]c1)N(CCO)Cc1ccccc1. The first-order valence-corrected chi connectivity index (χ1v) is 5.74. The van der Waals surface area contributed by atoms with Gasteiger partial charge in [-0.2, -0.15) is 5.10 Å². The third-order valence-corrected chi connectivity index (χ3v) is 2.62. The average Bonchev–Trinajstić information content (AvgIpc) is 2.92. The number of aromatic amines is 1. The van der Waals surface area contributed by atoms with E-state index in [1.54, 1.807) is 11.1 Å². The standard InChI is InChI=1S/C13H15N3O2/c17-7-6-16(10-11-4-2-1-3-5-11)13(18)12-8-14-15-9-12/h1-5,8-9,17H,6-7,10H2,(H,14,15). The Labute approximate surface area is 105 Å². The van der Waals surface area contributed by atoms with Gasteiger partial charge in [0.15, 0.2) is 0 Å². The number of carbonyl (C=O) groups excluding carboxylic acids is 1. The van der Waals surface area contributed by atoms with Crippen molar-refractivity contribution in [2.24, 2.45) is 0 Å². The van der Waals surface area contributed by atoms with Crippen molar-refractivity contribution in [1.82, 2.24) is 15.1 Å². The molecule has 0 bridgehead atoms. The molecule has 18 heavy (non-hydrogen) atoms. The van der Waals surface area contributed by atoms with Crippen LogP contribution in [0.25, 0.3) is 0 Å². The number of hydrogen-bond donors (Lipinski definition) is 2. The van der Waals surface area contributed by atoms with Gasteiger partial charge in [-0.1, -0.05) is 30.3 Å². The molecule has 5 heteroatoms. The Morgan fingerprint density at radius 1 is 1.33 bits per heavy atom. The number of rotatable bonds is 5. The number of nitrogens with one attached hydrogen (secondary N) is 1. The molecule has 0 unspecified atom stereocenters. The molecule has 0 radical (unpaired) electrons. The summed E-state index contributed by atoms with van der Waals surface area (Å²) >= 11 is 0. The van der Waals surface area contributed by atoms with Crippen molar-refractivity contribution < 1.29 is 9.90 Å². The molecule has 0 saturated carbocycles. The molecule has 2 aromatic rings. The summed E-state index contributed by atoms with van der Waals surface area (Å²) < 4.78 is 0. The van der Waals surface area contributed by atoms with Crippen molar-refractivity contribution in [2.45, 2.75) is 6.54 Å². The van der Waals surface area contributed by atoms with Crippen LogP contribution in [0.3, 0.4) is 0 Å². The Morgan fingerprint density at radius 2 is 2.11 bits per heavy atom.